The largest absolute Gasteiger partial charge is 0.485 e. The number of sulfonamides is 1. The summed E-state index contributed by atoms with van der Waals surface area (Å²) >= 11 is 0. The Bertz CT molecular complexity index is 1350. The van der Waals surface area contributed by atoms with Crippen LogP contribution in [0.4, 0.5) is 10.6 Å². The van der Waals surface area contributed by atoms with Crippen molar-refractivity contribution in [2.24, 2.45) is 5.92 Å². The third-order valence-electron chi connectivity index (χ3n) is 5.12. The van der Waals surface area contributed by atoms with Crippen LogP contribution in [0, 0.1) is 5.92 Å². The standard InChI is InChI=1S/C26H32N4O7S/c1-18(2)15-36-25(32)30(24-21(16-35-5)27-13-14-29-24)38(33,34)22-7-6-12-28-23(22)19-8-10-20(11-9-19)37-26(3,4)17-31/h6-14,18,31H,15-17H2,1-5H3. The molecule has 0 fully saturated rings. The number of hydrogen-bond donors (Lipinski definition) is 1. The average Bonchev–Trinajstić information content (AvgIpc) is 2.89. The molecule has 0 bridgehead atoms. The molecule has 2 aromatic heterocycles. The molecule has 1 N–H and O–H groups in total. The average molecular weight is 545 g/mol. The Hall–Kier alpha value is -3.61. The van der Waals surface area contributed by atoms with E-state index in [0.717, 1.165) is 0 Å². The number of nitrogens with zero attached hydrogens (tertiary/aromatic N) is 4. The first kappa shape index (κ1) is 29.0. The summed E-state index contributed by atoms with van der Waals surface area (Å²) in [6.45, 7) is 6.86. The second-order valence-electron chi connectivity index (χ2n) is 9.39. The molecule has 204 valence electrons. The van der Waals surface area contributed by atoms with Crippen LogP contribution in [-0.2, 0) is 26.1 Å². The van der Waals surface area contributed by atoms with Gasteiger partial charge in [0, 0.05) is 31.3 Å². The fourth-order valence-electron chi connectivity index (χ4n) is 3.31. The highest BCUT2D eigenvalue weighted by Gasteiger charge is 2.37. The fourth-order valence-corrected chi connectivity index (χ4v) is 4.80. The van der Waals surface area contributed by atoms with E-state index in [0.29, 0.717) is 15.6 Å². The number of carbonyl (C=O) groups is 1. The van der Waals surface area contributed by atoms with Gasteiger partial charge in [-0.05, 0) is 56.2 Å². The highest BCUT2D eigenvalue weighted by molar-refractivity contribution is 7.93. The molecule has 0 saturated carbocycles. The van der Waals surface area contributed by atoms with Gasteiger partial charge >= 0.3 is 6.09 Å². The molecule has 38 heavy (non-hydrogen) atoms. The summed E-state index contributed by atoms with van der Waals surface area (Å²) in [6, 6.07) is 9.39. The van der Waals surface area contributed by atoms with Gasteiger partial charge in [-0.1, -0.05) is 13.8 Å². The number of aliphatic hydroxyl groups is 1. The number of anilines is 1. The quantitative estimate of drug-likeness (QED) is 0.379. The Kier molecular flexibility index (Phi) is 9.36. The van der Waals surface area contributed by atoms with E-state index in [1.165, 1.54) is 37.8 Å². The number of amides is 1. The van der Waals surface area contributed by atoms with Crippen LogP contribution in [0.2, 0.25) is 0 Å². The van der Waals surface area contributed by atoms with E-state index in [2.05, 4.69) is 15.0 Å². The molecule has 0 radical (unpaired) electrons. The first-order valence-electron chi connectivity index (χ1n) is 11.9. The number of pyridine rings is 1. The van der Waals surface area contributed by atoms with Crippen molar-refractivity contribution < 1.29 is 32.5 Å². The minimum Gasteiger partial charge on any atom is -0.485 e. The van der Waals surface area contributed by atoms with Crippen molar-refractivity contribution in [3.63, 3.8) is 0 Å². The summed E-state index contributed by atoms with van der Waals surface area (Å²) in [5.41, 5.74) is -0.0861. The molecule has 0 aliphatic rings. The van der Waals surface area contributed by atoms with E-state index >= 15 is 0 Å². The molecule has 3 rings (SSSR count). The number of aliphatic hydroxyl groups excluding tert-OH is 1. The third kappa shape index (κ3) is 6.82. The monoisotopic (exact) mass is 544 g/mol. The van der Waals surface area contributed by atoms with Gasteiger partial charge in [0.25, 0.3) is 10.0 Å². The van der Waals surface area contributed by atoms with Crippen LogP contribution in [0.15, 0.2) is 59.9 Å². The van der Waals surface area contributed by atoms with Crippen molar-refractivity contribution in [3.05, 3.63) is 60.7 Å². The summed E-state index contributed by atoms with van der Waals surface area (Å²) < 4.78 is 44.9. The molecule has 0 aliphatic carbocycles. The Morgan fingerprint density at radius 2 is 1.74 bits per heavy atom. The first-order chi connectivity index (χ1) is 18.0. The molecular weight excluding hydrogens is 512 g/mol. The molecule has 0 atom stereocenters. The summed E-state index contributed by atoms with van der Waals surface area (Å²) in [7, 11) is -3.17. The number of carbonyl (C=O) groups excluding carboxylic acids is 1. The van der Waals surface area contributed by atoms with Gasteiger partial charge in [0.15, 0.2) is 5.82 Å². The summed E-state index contributed by atoms with van der Waals surface area (Å²) in [5.74, 6) is 0.220. The maximum Gasteiger partial charge on any atom is 0.430 e. The van der Waals surface area contributed by atoms with E-state index < -0.39 is 21.7 Å². The summed E-state index contributed by atoms with van der Waals surface area (Å²) in [6.07, 6.45) is 2.98. The highest BCUT2D eigenvalue weighted by atomic mass is 32.2. The normalized spacial score (nSPS) is 11.9. The molecule has 1 aromatic carbocycles. The molecule has 0 spiro atoms. The van der Waals surface area contributed by atoms with E-state index in [-0.39, 0.29) is 47.8 Å². The van der Waals surface area contributed by atoms with Crippen LogP contribution in [0.25, 0.3) is 11.3 Å². The van der Waals surface area contributed by atoms with Gasteiger partial charge in [0.1, 0.15) is 21.9 Å². The van der Waals surface area contributed by atoms with Crippen LogP contribution >= 0.6 is 0 Å². The fraction of sp³-hybridized carbons (Fsp3) is 0.385. The molecule has 0 unspecified atom stereocenters. The predicted octanol–water partition coefficient (Wildman–Crippen LogP) is 3.82. The lowest BCUT2D eigenvalue weighted by Crippen LogP contribution is -2.39. The Morgan fingerprint density at radius 1 is 1.05 bits per heavy atom. The SMILES string of the molecule is COCc1nccnc1N(C(=O)OCC(C)C)S(=O)(=O)c1cccnc1-c1ccc(OC(C)(C)CO)cc1. The van der Waals surface area contributed by atoms with Crippen molar-refractivity contribution in [1.82, 2.24) is 15.0 Å². The maximum atomic E-state index is 14.1. The molecule has 1 amide bonds. The van der Waals surface area contributed by atoms with Gasteiger partial charge in [-0.3, -0.25) is 9.97 Å². The van der Waals surface area contributed by atoms with E-state index in [1.807, 2.05) is 13.8 Å². The van der Waals surface area contributed by atoms with Crippen molar-refractivity contribution in [2.75, 3.05) is 24.6 Å². The molecule has 0 saturated heterocycles. The predicted molar refractivity (Wildman–Crippen MR) is 140 cm³/mol. The van der Waals surface area contributed by atoms with Crippen LogP contribution in [0.1, 0.15) is 33.4 Å². The van der Waals surface area contributed by atoms with Gasteiger partial charge in [-0.25, -0.2) is 18.2 Å². The number of benzene rings is 1. The Balaban J connectivity index is 2.11. The van der Waals surface area contributed by atoms with Gasteiger partial charge in [-0.15, -0.1) is 4.31 Å². The Labute approximate surface area is 222 Å². The van der Waals surface area contributed by atoms with Gasteiger partial charge in [0.05, 0.1) is 25.5 Å². The van der Waals surface area contributed by atoms with Crippen LogP contribution < -0.4 is 9.04 Å². The zero-order valence-corrected chi connectivity index (χ0v) is 22.8. The zero-order chi connectivity index (χ0) is 27.9. The molecule has 12 heteroatoms. The third-order valence-corrected chi connectivity index (χ3v) is 6.81. The van der Waals surface area contributed by atoms with Crippen molar-refractivity contribution in [2.45, 2.75) is 44.8 Å². The maximum absolute atomic E-state index is 14.1. The van der Waals surface area contributed by atoms with Crippen LogP contribution in [0.3, 0.4) is 0 Å². The number of hydrogen-bond acceptors (Lipinski definition) is 10. The number of rotatable bonds is 11. The highest BCUT2D eigenvalue weighted by Crippen LogP contribution is 2.32. The van der Waals surface area contributed by atoms with Gasteiger partial charge in [0.2, 0.25) is 0 Å². The van der Waals surface area contributed by atoms with E-state index in [4.69, 9.17) is 14.2 Å². The second kappa shape index (κ2) is 12.3. The lowest BCUT2D eigenvalue weighted by atomic mass is 10.1. The number of aromatic nitrogens is 3. The lowest BCUT2D eigenvalue weighted by molar-refractivity contribution is 0.0413. The topological polar surface area (TPSA) is 141 Å². The first-order valence-corrected chi connectivity index (χ1v) is 13.3. The van der Waals surface area contributed by atoms with E-state index in [9.17, 15) is 18.3 Å². The molecule has 0 aliphatic heterocycles. The van der Waals surface area contributed by atoms with Gasteiger partial charge in [-0.2, -0.15) is 0 Å². The minimum absolute atomic E-state index is 0.00370. The molecule has 11 nitrogen and oxygen atoms in total. The van der Waals surface area contributed by atoms with Crippen molar-refractivity contribution in [1.29, 1.82) is 0 Å². The van der Waals surface area contributed by atoms with Crippen LogP contribution in [-0.4, -0.2) is 60.5 Å². The van der Waals surface area contributed by atoms with Gasteiger partial charge < -0.3 is 19.3 Å². The lowest BCUT2D eigenvalue weighted by Gasteiger charge is -2.24. The molecule has 3 aromatic rings. The summed E-state index contributed by atoms with van der Waals surface area (Å²) in [4.78, 5) is 25.6. The van der Waals surface area contributed by atoms with E-state index in [1.54, 1.807) is 38.1 Å². The minimum atomic E-state index is -4.59. The van der Waals surface area contributed by atoms with Crippen molar-refractivity contribution in [3.8, 4) is 17.0 Å². The second-order valence-corrected chi connectivity index (χ2v) is 11.1. The molecule has 2 heterocycles. The summed E-state index contributed by atoms with van der Waals surface area (Å²) in [5, 5.41) is 9.46. The van der Waals surface area contributed by atoms with Crippen LogP contribution in [0.5, 0.6) is 5.75 Å². The zero-order valence-electron chi connectivity index (χ0n) is 22.0. The van der Waals surface area contributed by atoms with Crippen molar-refractivity contribution >= 4 is 21.9 Å². The Morgan fingerprint density at radius 3 is 2.37 bits per heavy atom. The molecular formula is C26H32N4O7S. The number of methoxy groups -OCH3 is 1. The number of ether oxygens (including phenoxy) is 3. The smallest absolute Gasteiger partial charge is 0.430 e.